The Labute approximate surface area is 192 Å². The summed E-state index contributed by atoms with van der Waals surface area (Å²) in [5.41, 5.74) is 4.02. The summed E-state index contributed by atoms with van der Waals surface area (Å²) in [7, 11) is -3.60. The fraction of sp³-hybridized carbons (Fsp3) is 0.400. The molecule has 0 N–H and O–H groups in total. The van der Waals surface area contributed by atoms with E-state index in [9.17, 15) is 22.2 Å². The average Bonchev–Trinajstić information content (AvgIpc) is 3.26. The first-order valence-corrected chi connectivity index (χ1v) is 12.8. The van der Waals surface area contributed by atoms with E-state index >= 15 is 0 Å². The van der Waals surface area contributed by atoms with E-state index in [0.717, 1.165) is 42.0 Å². The summed E-state index contributed by atoms with van der Waals surface area (Å²) in [6, 6.07) is 6.53. The molecule has 8 nitrogen and oxygen atoms in total. The molecular weight excluding hydrogens is 477 g/mol. The first-order valence-electron chi connectivity index (χ1n) is 10.0. The zero-order valence-electron chi connectivity index (χ0n) is 17.8. The van der Waals surface area contributed by atoms with Crippen LogP contribution in [-0.4, -0.2) is 68.6 Å². The lowest BCUT2D eigenvalue weighted by Gasteiger charge is -2.38. The van der Waals surface area contributed by atoms with Gasteiger partial charge in [0.05, 0.1) is 30.4 Å². The lowest BCUT2D eigenvalue weighted by atomic mass is 10.1. The number of carbonyl (C=O) groups excluding carboxylic acids is 1. The topological polar surface area (TPSA) is 91.7 Å². The van der Waals surface area contributed by atoms with E-state index in [2.05, 4.69) is 49.3 Å². The third-order valence-corrected chi connectivity index (χ3v) is 7.94. The first-order chi connectivity index (χ1) is 15.5. The molecule has 1 aromatic carbocycles. The average molecular weight is 499 g/mol. The van der Waals surface area contributed by atoms with Crippen LogP contribution in [0.3, 0.4) is 0 Å². The van der Waals surface area contributed by atoms with Crippen LogP contribution in [0.15, 0.2) is 45.4 Å². The fourth-order valence-electron chi connectivity index (χ4n) is 3.59. The minimum absolute atomic E-state index is 0.131. The predicted octanol–water partition coefficient (Wildman–Crippen LogP) is 3.52. The highest BCUT2D eigenvalue weighted by atomic mass is 32.2. The van der Waals surface area contributed by atoms with Crippen LogP contribution in [0.2, 0.25) is 0 Å². The number of piperazine rings is 1. The highest BCUT2D eigenvalue weighted by molar-refractivity contribution is 7.93. The summed E-state index contributed by atoms with van der Waals surface area (Å²) >= 11 is 1.61. The molecule has 33 heavy (non-hydrogen) atoms. The Morgan fingerprint density at radius 3 is 2.45 bits per heavy atom. The molecule has 13 heteroatoms. The van der Waals surface area contributed by atoms with E-state index in [-0.39, 0.29) is 10.9 Å². The molecule has 0 radical (unpaired) electrons. The largest absolute Gasteiger partial charge is 0.474 e. The van der Waals surface area contributed by atoms with Crippen LogP contribution in [-0.2, 0) is 14.5 Å². The maximum Gasteiger partial charge on any atom is 0.474 e. The zero-order chi connectivity index (χ0) is 23.8. The van der Waals surface area contributed by atoms with Crippen molar-refractivity contribution in [3.63, 3.8) is 0 Å². The highest BCUT2D eigenvalue weighted by Gasteiger charge is 2.39. The van der Waals surface area contributed by atoms with Gasteiger partial charge in [-0.25, -0.2) is 19.2 Å². The number of rotatable bonds is 4. The summed E-state index contributed by atoms with van der Waals surface area (Å²) in [4.78, 5) is 27.9. The molecule has 0 bridgehead atoms. The van der Waals surface area contributed by atoms with E-state index in [0.29, 0.717) is 19.0 Å². The molecule has 4 rings (SSSR count). The number of nitrogens with zero attached hydrogens (tertiary/aromatic N) is 6. The molecule has 3 heterocycles. The fourth-order valence-corrected chi connectivity index (χ4v) is 5.27. The van der Waals surface area contributed by atoms with Gasteiger partial charge in [0, 0.05) is 50.9 Å². The predicted molar refractivity (Wildman–Crippen MR) is 120 cm³/mol. The summed E-state index contributed by atoms with van der Waals surface area (Å²) in [6.45, 7) is 4.99. The van der Waals surface area contributed by atoms with Gasteiger partial charge in [-0.05, 0) is 24.6 Å². The Hall–Kier alpha value is -2.64. The number of alkyl halides is 3. The standard InChI is InChI=1S/C20H21F3N6O2S2/c1-13(14-3-4-17-16(9-14)26-12-32-17)28-5-7-29(8-6-28)19-24-10-15(11-25-19)33(2,31)27-18(30)20(21,22)23/h3-4,9-13H,5-8H2,1-2H3/t13-,33-/m0/s1. The highest BCUT2D eigenvalue weighted by Crippen LogP contribution is 2.27. The molecule has 1 aliphatic rings. The molecule has 0 aliphatic carbocycles. The smallest absolute Gasteiger partial charge is 0.338 e. The molecule has 2 atom stereocenters. The van der Waals surface area contributed by atoms with Crippen LogP contribution in [0.5, 0.6) is 0 Å². The third-order valence-electron chi connectivity index (χ3n) is 5.53. The van der Waals surface area contributed by atoms with Gasteiger partial charge in [0.2, 0.25) is 5.95 Å². The minimum atomic E-state index is -5.18. The van der Waals surface area contributed by atoms with Crippen LogP contribution in [0.25, 0.3) is 10.2 Å². The van der Waals surface area contributed by atoms with Crippen molar-refractivity contribution in [2.45, 2.75) is 24.0 Å². The van der Waals surface area contributed by atoms with Crippen molar-refractivity contribution in [1.29, 1.82) is 0 Å². The van der Waals surface area contributed by atoms with E-state index in [1.165, 1.54) is 5.56 Å². The summed E-state index contributed by atoms with van der Waals surface area (Å²) in [6.07, 6.45) is -1.90. The van der Waals surface area contributed by atoms with Crippen molar-refractivity contribution in [3.05, 3.63) is 41.7 Å². The van der Waals surface area contributed by atoms with Gasteiger partial charge in [-0.2, -0.15) is 13.2 Å². The quantitative estimate of drug-likeness (QED) is 0.544. The van der Waals surface area contributed by atoms with E-state index in [1.807, 2.05) is 10.4 Å². The van der Waals surface area contributed by atoms with Gasteiger partial charge in [0.1, 0.15) is 0 Å². The third kappa shape index (κ3) is 5.14. The lowest BCUT2D eigenvalue weighted by molar-refractivity contribution is -0.169. The van der Waals surface area contributed by atoms with Gasteiger partial charge in [-0.1, -0.05) is 6.07 Å². The molecule has 0 unspecified atom stereocenters. The number of amides is 1. The van der Waals surface area contributed by atoms with Gasteiger partial charge in [0.25, 0.3) is 0 Å². The Balaban J connectivity index is 1.41. The summed E-state index contributed by atoms with van der Waals surface area (Å²) in [5.74, 6) is -2.01. The Bertz CT molecular complexity index is 1280. The summed E-state index contributed by atoms with van der Waals surface area (Å²) < 4.78 is 53.8. The van der Waals surface area contributed by atoms with Crippen molar-refractivity contribution in [3.8, 4) is 0 Å². The molecule has 1 saturated heterocycles. The van der Waals surface area contributed by atoms with Gasteiger partial charge in [-0.3, -0.25) is 9.69 Å². The van der Waals surface area contributed by atoms with Gasteiger partial charge in [-0.15, -0.1) is 15.7 Å². The number of fused-ring (bicyclic) bond motifs is 1. The van der Waals surface area contributed by atoms with Gasteiger partial charge >= 0.3 is 12.1 Å². The van der Waals surface area contributed by atoms with Crippen LogP contribution in [0.4, 0.5) is 19.1 Å². The second-order valence-corrected chi connectivity index (χ2v) is 10.8. The maximum atomic E-state index is 12.5. The van der Waals surface area contributed by atoms with Crippen LogP contribution in [0.1, 0.15) is 18.5 Å². The molecule has 2 aromatic heterocycles. The SMILES string of the molecule is C[C@@H](c1ccc2scnc2c1)N1CCN(c2ncc([S@](C)(=O)=NC(=O)C(F)(F)F)cn2)CC1. The molecule has 0 spiro atoms. The van der Waals surface area contributed by atoms with Gasteiger partial charge < -0.3 is 4.90 Å². The van der Waals surface area contributed by atoms with E-state index in [1.54, 1.807) is 11.3 Å². The lowest BCUT2D eigenvalue weighted by Crippen LogP contribution is -2.47. The molecular formula is C20H21F3N6O2S2. The number of hydrogen-bond acceptors (Lipinski definition) is 8. The van der Waals surface area contributed by atoms with Crippen molar-refractivity contribution in [2.75, 3.05) is 37.3 Å². The van der Waals surface area contributed by atoms with E-state index in [4.69, 9.17) is 0 Å². The molecule has 0 saturated carbocycles. The number of carbonyl (C=O) groups is 1. The summed E-state index contributed by atoms with van der Waals surface area (Å²) in [5, 5.41) is 0. The Morgan fingerprint density at radius 1 is 1.15 bits per heavy atom. The van der Waals surface area contributed by atoms with Crippen molar-refractivity contribution in [2.24, 2.45) is 4.36 Å². The monoisotopic (exact) mass is 498 g/mol. The Kier molecular flexibility index (Phi) is 6.38. The number of anilines is 1. The molecule has 176 valence electrons. The second kappa shape index (κ2) is 8.95. The number of aromatic nitrogens is 3. The number of hydrogen-bond donors (Lipinski definition) is 0. The van der Waals surface area contributed by atoms with E-state index < -0.39 is 21.8 Å². The van der Waals surface area contributed by atoms with Crippen molar-refractivity contribution < 1.29 is 22.2 Å². The van der Waals surface area contributed by atoms with Crippen LogP contribution < -0.4 is 4.90 Å². The minimum Gasteiger partial charge on any atom is -0.338 e. The molecule has 3 aromatic rings. The van der Waals surface area contributed by atoms with Crippen molar-refractivity contribution in [1.82, 2.24) is 19.9 Å². The van der Waals surface area contributed by atoms with Crippen molar-refractivity contribution >= 4 is 43.1 Å². The molecule has 1 fully saturated rings. The van der Waals surface area contributed by atoms with Crippen LogP contribution in [0, 0.1) is 0 Å². The molecule has 1 amide bonds. The Morgan fingerprint density at radius 2 is 1.82 bits per heavy atom. The maximum absolute atomic E-state index is 12.5. The van der Waals surface area contributed by atoms with Crippen LogP contribution >= 0.6 is 11.3 Å². The number of thiazole rings is 1. The second-order valence-electron chi connectivity index (χ2n) is 7.69. The molecule has 1 aliphatic heterocycles. The zero-order valence-corrected chi connectivity index (χ0v) is 19.5. The normalized spacial score (nSPS) is 18.2. The number of halogens is 3. The first kappa shape index (κ1) is 23.5. The van der Waals surface area contributed by atoms with Gasteiger partial charge in [0.15, 0.2) is 0 Å². The number of benzene rings is 1.